The number of benzene rings is 2. The number of likely N-dealkylation sites (tertiary alicyclic amines) is 1. The molecule has 3 rings (SSSR count). The second-order valence-electron chi connectivity index (χ2n) is 7.72. The predicted octanol–water partition coefficient (Wildman–Crippen LogP) is 3.25. The second-order valence-corrected chi connectivity index (χ2v) is 7.72. The first-order chi connectivity index (χ1) is 14.2. The van der Waals surface area contributed by atoms with Crippen LogP contribution in [0.25, 0.3) is 0 Å². The average molecular weight is 399 g/mol. The number of hydrogen-bond acceptors (Lipinski definition) is 5. The van der Waals surface area contributed by atoms with Crippen molar-refractivity contribution in [3.63, 3.8) is 0 Å². The molecule has 0 aliphatic carbocycles. The van der Waals surface area contributed by atoms with Crippen molar-refractivity contribution >= 4 is 0 Å². The van der Waals surface area contributed by atoms with Crippen LogP contribution in [0.3, 0.4) is 0 Å². The lowest BCUT2D eigenvalue weighted by Crippen LogP contribution is -2.38. The first-order valence-corrected chi connectivity index (χ1v) is 10.7. The largest absolute Gasteiger partial charge is 0.493 e. The van der Waals surface area contributed by atoms with Crippen molar-refractivity contribution in [3.8, 4) is 11.5 Å². The third-order valence-corrected chi connectivity index (χ3v) is 5.34. The molecular weight excluding hydrogens is 364 g/mol. The number of methoxy groups -OCH3 is 1. The molecule has 5 nitrogen and oxygen atoms in total. The summed E-state index contributed by atoms with van der Waals surface area (Å²) in [6, 6.07) is 16.5. The normalized spacial score (nSPS) is 15.8. The van der Waals surface area contributed by atoms with E-state index < -0.39 is 6.10 Å². The Morgan fingerprint density at radius 2 is 1.79 bits per heavy atom. The number of hydrogen-bond donors (Lipinski definition) is 2. The van der Waals surface area contributed by atoms with Crippen molar-refractivity contribution in [2.75, 3.05) is 39.9 Å². The highest BCUT2D eigenvalue weighted by molar-refractivity contribution is 5.43. The Balaban J connectivity index is 1.46. The molecule has 0 amide bonds. The van der Waals surface area contributed by atoms with E-state index in [4.69, 9.17) is 9.47 Å². The third-order valence-electron chi connectivity index (χ3n) is 5.34. The van der Waals surface area contributed by atoms with Gasteiger partial charge in [-0.25, -0.2) is 0 Å². The quantitative estimate of drug-likeness (QED) is 0.569. The Hall–Kier alpha value is -2.08. The number of piperidine rings is 1. The van der Waals surface area contributed by atoms with Crippen LogP contribution in [0.1, 0.15) is 30.4 Å². The molecule has 1 atom stereocenters. The van der Waals surface area contributed by atoms with Gasteiger partial charge in [0.05, 0.1) is 7.11 Å². The minimum atomic E-state index is -0.495. The lowest BCUT2D eigenvalue weighted by Gasteiger charge is -2.28. The van der Waals surface area contributed by atoms with Crippen LogP contribution in [0.5, 0.6) is 11.5 Å². The van der Waals surface area contributed by atoms with Crippen LogP contribution in [-0.2, 0) is 13.0 Å². The van der Waals surface area contributed by atoms with Crippen LogP contribution in [0, 0.1) is 0 Å². The summed E-state index contributed by atoms with van der Waals surface area (Å²) in [5.74, 6) is 1.38. The summed E-state index contributed by atoms with van der Waals surface area (Å²) >= 11 is 0. The Morgan fingerprint density at radius 1 is 1.00 bits per heavy atom. The summed E-state index contributed by atoms with van der Waals surface area (Å²) in [6.45, 7) is 4.78. The summed E-state index contributed by atoms with van der Waals surface area (Å²) in [7, 11) is 1.64. The maximum absolute atomic E-state index is 10.4. The van der Waals surface area contributed by atoms with E-state index in [1.807, 2.05) is 24.3 Å². The van der Waals surface area contributed by atoms with Gasteiger partial charge in [0.25, 0.3) is 0 Å². The van der Waals surface area contributed by atoms with Crippen molar-refractivity contribution < 1.29 is 14.6 Å². The molecule has 0 spiro atoms. The van der Waals surface area contributed by atoms with E-state index in [1.54, 1.807) is 7.11 Å². The van der Waals surface area contributed by atoms with Crippen LogP contribution in [0.2, 0.25) is 0 Å². The Labute approximate surface area is 174 Å². The van der Waals surface area contributed by atoms with Gasteiger partial charge in [0.2, 0.25) is 0 Å². The Kier molecular flexibility index (Phi) is 8.81. The molecule has 0 bridgehead atoms. The highest BCUT2D eigenvalue weighted by Gasteiger charge is 2.16. The second kappa shape index (κ2) is 11.8. The Bertz CT molecular complexity index is 717. The van der Waals surface area contributed by atoms with E-state index in [0.29, 0.717) is 18.0 Å². The van der Waals surface area contributed by atoms with Gasteiger partial charge in [-0.2, -0.15) is 0 Å². The summed E-state index contributed by atoms with van der Waals surface area (Å²) in [4.78, 5) is 2.32. The molecule has 2 aromatic carbocycles. The summed E-state index contributed by atoms with van der Waals surface area (Å²) in [6.07, 6.45) is 4.25. The Morgan fingerprint density at radius 3 is 2.55 bits per heavy atom. The number of β-amino-alcohol motifs (C(OH)–C–C–N with tert-alkyl or cyclic N) is 1. The highest BCUT2D eigenvalue weighted by atomic mass is 16.5. The smallest absolute Gasteiger partial charge is 0.161 e. The number of nitrogens with one attached hydrogen (secondary N) is 1. The predicted molar refractivity (Wildman–Crippen MR) is 117 cm³/mol. The molecular formula is C24H34N2O3. The maximum atomic E-state index is 10.4. The lowest BCUT2D eigenvalue weighted by molar-refractivity contribution is 0.0608. The lowest BCUT2D eigenvalue weighted by atomic mass is 10.1. The molecule has 1 aliphatic heterocycles. The van der Waals surface area contributed by atoms with Crippen LogP contribution in [0.4, 0.5) is 0 Å². The minimum Gasteiger partial charge on any atom is -0.493 e. The average Bonchev–Trinajstić information content (AvgIpc) is 2.77. The molecule has 0 unspecified atom stereocenters. The van der Waals surface area contributed by atoms with Gasteiger partial charge in [0.15, 0.2) is 11.5 Å². The van der Waals surface area contributed by atoms with Crippen molar-refractivity contribution in [1.29, 1.82) is 0 Å². The van der Waals surface area contributed by atoms with Crippen LogP contribution in [0.15, 0.2) is 48.5 Å². The molecule has 0 aromatic heterocycles. The molecule has 158 valence electrons. The number of nitrogens with zero attached hydrogens (tertiary/aromatic N) is 1. The van der Waals surface area contributed by atoms with Gasteiger partial charge in [-0.05, 0) is 62.2 Å². The number of aliphatic hydroxyl groups is 1. The minimum absolute atomic E-state index is 0.276. The highest BCUT2D eigenvalue weighted by Crippen LogP contribution is 2.28. The molecule has 2 N–H and O–H groups in total. The fraction of sp³-hybridized carbons (Fsp3) is 0.500. The van der Waals surface area contributed by atoms with Gasteiger partial charge in [0.1, 0.15) is 12.7 Å². The molecule has 1 fully saturated rings. The van der Waals surface area contributed by atoms with Crippen LogP contribution < -0.4 is 14.8 Å². The molecule has 1 aliphatic rings. The first-order valence-electron chi connectivity index (χ1n) is 10.7. The zero-order valence-electron chi connectivity index (χ0n) is 17.5. The van der Waals surface area contributed by atoms with E-state index in [-0.39, 0.29) is 6.61 Å². The maximum Gasteiger partial charge on any atom is 0.161 e. The summed E-state index contributed by atoms with van der Waals surface area (Å²) in [5, 5.41) is 13.8. The van der Waals surface area contributed by atoms with Crippen LogP contribution >= 0.6 is 0 Å². The van der Waals surface area contributed by atoms with E-state index in [0.717, 1.165) is 38.2 Å². The number of ether oxygens (including phenoxy) is 2. The molecule has 0 saturated carbocycles. The summed E-state index contributed by atoms with van der Waals surface area (Å²) in [5.41, 5.74) is 2.47. The fourth-order valence-electron chi connectivity index (χ4n) is 3.73. The zero-order chi connectivity index (χ0) is 20.3. The number of rotatable bonds is 11. The first kappa shape index (κ1) is 21.6. The van der Waals surface area contributed by atoms with Crippen molar-refractivity contribution in [2.45, 2.75) is 38.3 Å². The van der Waals surface area contributed by atoms with Gasteiger partial charge >= 0.3 is 0 Å². The topological polar surface area (TPSA) is 54.0 Å². The van der Waals surface area contributed by atoms with E-state index in [1.165, 1.54) is 24.8 Å². The van der Waals surface area contributed by atoms with Gasteiger partial charge in [0, 0.05) is 13.1 Å². The SMILES string of the molecule is COc1ccc(CNCCc2ccccc2)cc1OC[C@H](O)CN1CCCCC1. The molecule has 2 aromatic rings. The van der Waals surface area contributed by atoms with Crippen LogP contribution in [-0.4, -0.2) is 56.0 Å². The molecule has 1 saturated heterocycles. The van der Waals surface area contributed by atoms with Crippen molar-refractivity contribution in [3.05, 3.63) is 59.7 Å². The van der Waals surface area contributed by atoms with Crippen molar-refractivity contribution in [1.82, 2.24) is 10.2 Å². The van der Waals surface area contributed by atoms with Gasteiger partial charge in [-0.1, -0.05) is 42.8 Å². The van der Waals surface area contributed by atoms with Gasteiger partial charge in [-0.15, -0.1) is 0 Å². The zero-order valence-corrected chi connectivity index (χ0v) is 17.5. The fourth-order valence-corrected chi connectivity index (χ4v) is 3.73. The molecule has 29 heavy (non-hydrogen) atoms. The van der Waals surface area contributed by atoms with Gasteiger partial charge in [-0.3, -0.25) is 0 Å². The molecule has 0 radical (unpaired) electrons. The van der Waals surface area contributed by atoms with Gasteiger partial charge < -0.3 is 24.8 Å². The van der Waals surface area contributed by atoms with E-state index in [9.17, 15) is 5.11 Å². The van der Waals surface area contributed by atoms with E-state index >= 15 is 0 Å². The molecule has 1 heterocycles. The monoisotopic (exact) mass is 398 g/mol. The third kappa shape index (κ3) is 7.35. The molecule has 5 heteroatoms. The summed E-state index contributed by atoms with van der Waals surface area (Å²) < 4.78 is 11.3. The van der Waals surface area contributed by atoms with Crippen molar-refractivity contribution in [2.24, 2.45) is 0 Å². The van der Waals surface area contributed by atoms with E-state index in [2.05, 4.69) is 34.5 Å². The number of aliphatic hydroxyl groups excluding tert-OH is 1. The standard InChI is InChI=1S/C24H34N2O3/c1-28-23-11-10-21(17-25-13-12-20-8-4-2-5-9-20)16-24(23)29-19-22(27)18-26-14-6-3-7-15-26/h2,4-5,8-11,16,22,25,27H,3,6-7,12-15,17-19H2,1H3/t22-/m1/s1.